The lowest BCUT2D eigenvalue weighted by Gasteiger charge is -2.34. The number of nitrogens with one attached hydrogen (secondary N) is 1. The molecular formula is C14H32N4O2S. The molecule has 126 valence electrons. The van der Waals surface area contributed by atoms with Gasteiger partial charge in [-0.2, -0.15) is 17.0 Å². The van der Waals surface area contributed by atoms with Crippen molar-refractivity contribution in [3.05, 3.63) is 0 Å². The van der Waals surface area contributed by atoms with Gasteiger partial charge in [0, 0.05) is 26.2 Å². The van der Waals surface area contributed by atoms with Crippen LogP contribution in [0.15, 0.2) is 0 Å². The van der Waals surface area contributed by atoms with Crippen LogP contribution >= 0.6 is 0 Å². The minimum atomic E-state index is -3.28. The van der Waals surface area contributed by atoms with Crippen LogP contribution in [0.4, 0.5) is 0 Å². The van der Waals surface area contributed by atoms with Gasteiger partial charge in [-0.3, -0.25) is 0 Å². The number of rotatable bonds is 9. The normalized spacial score (nSPS) is 18.8. The number of hydrogen-bond donors (Lipinski definition) is 1. The van der Waals surface area contributed by atoms with Gasteiger partial charge < -0.3 is 10.2 Å². The third kappa shape index (κ3) is 5.83. The third-order valence-electron chi connectivity index (χ3n) is 4.08. The molecule has 0 bridgehead atoms. The zero-order chi connectivity index (χ0) is 15.9. The highest BCUT2D eigenvalue weighted by Crippen LogP contribution is 2.21. The van der Waals surface area contributed by atoms with Gasteiger partial charge in [-0.25, -0.2) is 0 Å². The van der Waals surface area contributed by atoms with Crippen LogP contribution < -0.4 is 5.32 Å². The molecule has 0 saturated carbocycles. The minimum Gasteiger partial charge on any atom is -0.319 e. The highest BCUT2D eigenvalue weighted by Gasteiger charge is 2.31. The Morgan fingerprint density at radius 1 is 1.19 bits per heavy atom. The van der Waals surface area contributed by atoms with E-state index >= 15 is 0 Å². The molecule has 1 N–H and O–H groups in total. The molecule has 1 heterocycles. The van der Waals surface area contributed by atoms with Gasteiger partial charge in [0.25, 0.3) is 10.2 Å². The molecule has 0 radical (unpaired) electrons. The first-order valence-electron chi connectivity index (χ1n) is 7.96. The molecule has 6 nitrogen and oxygen atoms in total. The Hall–Kier alpha value is -0.210. The maximum atomic E-state index is 12.7. The van der Waals surface area contributed by atoms with E-state index in [2.05, 4.69) is 10.2 Å². The van der Waals surface area contributed by atoms with Crippen molar-refractivity contribution < 1.29 is 8.42 Å². The van der Waals surface area contributed by atoms with Gasteiger partial charge in [0.2, 0.25) is 0 Å². The molecule has 1 aliphatic heterocycles. The standard InChI is InChI=1S/C14H32N4O2S/c1-5-17(10-6-9-16(3)4)21(19,20)18-11-7-14(8-12-18)13-15-2/h14-15H,5-13H2,1-4H3. The highest BCUT2D eigenvalue weighted by atomic mass is 32.2. The van der Waals surface area contributed by atoms with Crippen LogP contribution in [0.1, 0.15) is 26.2 Å². The summed E-state index contributed by atoms with van der Waals surface area (Å²) in [5.74, 6) is 0.602. The van der Waals surface area contributed by atoms with E-state index < -0.39 is 10.2 Å². The van der Waals surface area contributed by atoms with Gasteiger partial charge in [0.05, 0.1) is 0 Å². The van der Waals surface area contributed by atoms with Gasteiger partial charge in [0.1, 0.15) is 0 Å². The summed E-state index contributed by atoms with van der Waals surface area (Å²) < 4.78 is 28.6. The molecule has 1 saturated heterocycles. The molecule has 1 fully saturated rings. The maximum absolute atomic E-state index is 12.7. The Morgan fingerprint density at radius 2 is 1.81 bits per heavy atom. The van der Waals surface area contributed by atoms with Crippen molar-refractivity contribution in [2.75, 3.05) is 60.4 Å². The van der Waals surface area contributed by atoms with E-state index in [1.54, 1.807) is 8.61 Å². The van der Waals surface area contributed by atoms with Crippen LogP contribution in [0.3, 0.4) is 0 Å². The summed E-state index contributed by atoms with van der Waals surface area (Å²) in [6.45, 7) is 6.27. The summed E-state index contributed by atoms with van der Waals surface area (Å²) in [6, 6.07) is 0. The Labute approximate surface area is 130 Å². The molecule has 0 aliphatic carbocycles. The number of nitrogens with zero attached hydrogens (tertiary/aromatic N) is 3. The molecule has 7 heteroatoms. The summed E-state index contributed by atoms with van der Waals surface area (Å²) in [6.07, 6.45) is 2.78. The molecule has 1 aliphatic rings. The van der Waals surface area contributed by atoms with E-state index in [9.17, 15) is 8.42 Å². The second kappa shape index (κ2) is 9.05. The third-order valence-corrected chi connectivity index (χ3v) is 6.20. The van der Waals surface area contributed by atoms with Crippen molar-refractivity contribution in [1.82, 2.24) is 18.8 Å². The van der Waals surface area contributed by atoms with Crippen LogP contribution in [0.25, 0.3) is 0 Å². The monoisotopic (exact) mass is 320 g/mol. The largest absolute Gasteiger partial charge is 0.319 e. The zero-order valence-corrected chi connectivity index (χ0v) is 14.8. The fourth-order valence-corrected chi connectivity index (χ4v) is 4.48. The van der Waals surface area contributed by atoms with Crippen molar-refractivity contribution in [2.45, 2.75) is 26.2 Å². The highest BCUT2D eigenvalue weighted by molar-refractivity contribution is 7.86. The molecular weight excluding hydrogens is 288 g/mol. The van der Waals surface area contributed by atoms with E-state index in [1.807, 2.05) is 28.1 Å². The predicted octanol–water partition coefficient (Wildman–Crippen LogP) is 0.436. The number of piperidine rings is 1. The topological polar surface area (TPSA) is 55.9 Å². The van der Waals surface area contributed by atoms with Gasteiger partial charge in [-0.05, 0) is 59.4 Å². The lowest BCUT2D eigenvalue weighted by molar-refractivity contribution is 0.250. The molecule has 0 atom stereocenters. The number of hydrogen-bond acceptors (Lipinski definition) is 4. The quantitative estimate of drug-likeness (QED) is 0.670. The molecule has 0 aromatic heterocycles. The molecule has 0 aromatic carbocycles. The van der Waals surface area contributed by atoms with Crippen LogP contribution in [-0.2, 0) is 10.2 Å². The van der Waals surface area contributed by atoms with Crippen molar-refractivity contribution >= 4 is 10.2 Å². The fraction of sp³-hybridized carbons (Fsp3) is 1.00. The lowest BCUT2D eigenvalue weighted by Crippen LogP contribution is -2.48. The van der Waals surface area contributed by atoms with E-state index in [1.165, 1.54) is 0 Å². The SMILES string of the molecule is CCN(CCCN(C)C)S(=O)(=O)N1CCC(CNC)CC1. The van der Waals surface area contributed by atoms with E-state index in [0.717, 1.165) is 32.4 Å². The summed E-state index contributed by atoms with van der Waals surface area (Å²) in [5.41, 5.74) is 0. The molecule has 21 heavy (non-hydrogen) atoms. The Kier molecular flexibility index (Phi) is 8.12. The van der Waals surface area contributed by atoms with Crippen molar-refractivity contribution in [3.8, 4) is 0 Å². The van der Waals surface area contributed by atoms with Crippen LogP contribution in [-0.4, -0.2) is 82.3 Å². The predicted molar refractivity (Wildman–Crippen MR) is 87.6 cm³/mol. The van der Waals surface area contributed by atoms with E-state index in [4.69, 9.17) is 0 Å². The Bertz CT molecular complexity index is 378. The van der Waals surface area contributed by atoms with E-state index in [0.29, 0.717) is 32.1 Å². The van der Waals surface area contributed by atoms with Crippen LogP contribution in [0, 0.1) is 5.92 Å². The van der Waals surface area contributed by atoms with Crippen LogP contribution in [0.5, 0.6) is 0 Å². The summed E-state index contributed by atoms with van der Waals surface area (Å²) in [7, 11) is 2.69. The molecule has 0 aromatic rings. The first-order chi connectivity index (χ1) is 9.91. The maximum Gasteiger partial charge on any atom is 0.281 e. The van der Waals surface area contributed by atoms with Crippen molar-refractivity contribution in [2.24, 2.45) is 5.92 Å². The first kappa shape index (κ1) is 18.8. The van der Waals surface area contributed by atoms with Gasteiger partial charge in [-0.1, -0.05) is 6.92 Å². The van der Waals surface area contributed by atoms with Gasteiger partial charge in [-0.15, -0.1) is 0 Å². The van der Waals surface area contributed by atoms with Gasteiger partial charge >= 0.3 is 0 Å². The minimum absolute atomic E-state index is 0.548. The second-order valence-corrected chi connectivity index (χ2v) is 7.98. The molecule has 0 amide bonds. The summed E-state index contributed by atoms with van der Waals surface area (Å²) in [5, 5.41) is 3.18. The van der Waals surface area contributed by atoms with Crippen LogP contribution in [0.2, 0.25) is 0 Å². The van der Waals surface area contributed by atoms with E-state index in [-0.39, 0.29) is 0 Å². The van der Waals surface area contributed by atoms with Gasteiger partial charge in [0.15, 0.2) is 0 Å². The average molecular weight is 321 g/mol. The van der Waals surface area contributed by atoms with Crippen molar-refractivity contribution in [3.63, 3.8) is 0 Å². The first-order valence-corrected chi connectivity index (χ1v) is 9.36. The molecule has 0 spiro atoms. The second-order valence-electron chi connectivity index (χ2n) is 6.06. The average Bonchev–Trinajstić information content (AvgIpc) is 2.44. The Balaban J connectivity index is 2.53. The smallest absolute Gasteiger partial charge is 0.281 e. The molecule has 0 unspecified atom stereocenters. The summed E-state index contributed by atoms with van der Waals surface area (Å²) >= 11 is 0. The Morgan fingerprint density at radius 3 is 2.29 bits per heavy atom. The van der Waals surface area contributed by atoms with Crippen molar-refractivity contribution in [1.29, 1.82) is 0 Å². The fourth-order valence-electron chi connectivity index (χ4n) is 2.80. The lowest BCUT2D eigenvalue weighted by atomic mass is 9.98. The summed E-state index contributed by atoms with van der Waals surface area (Å²) in [4.78, 5) is 2.09. The molecule has 1 rings (SSSR count). The zero-order valence-electron chi connectivity index (χ0n) is 14.0.